The van der Waals surface area contributed by atoms with Gasteiger partial charge in [0.15, 0.2) is 5.69 Å². The Hall–Kier alpha value is -3.32. The van der Waals surface area contributed by atoms with Gasteiger partial charge >= 0.3 is 6.09 Å². The molecule has 1 aliphatic heterocycles. The highest BCUT2D eigenvalue weighted by Gasteiger charge is 2.53. The van der Waals surface area contributed by atoms with E-state index in [1.807, 2.05) is 24.3 Å². The van der Waals surface area contributed by atoms with E-state index in [-0.39, 0.29) is 5.82 Å². The highest BCUT2D eigenvalue weighted by Crippen LogP contribution is 2.45. The van der Waals surface area contributed by atoms with Crippen LogP contribution in [0.25, 0.3) is 10.8 Å². The second-order valence-corrected chi connectivity index (χ2v) is 5.60. The Balaban J connectivity index is 2.15. The van der Waals surface area contributed by atoms with E-state index in [1.54, 1.807) is 31.3 Å². The third-order valence-electron chi connectivity index (χ3n) is 4.22. The van der Waals surface area contributed by atoms with Crippen molar-refractivity contribution in [3.63, 3.8) is 0 Å². The Morgan fingerprint density at radius 3 is 2.75 bits per heavy atom. The van der Waals surface area contributed by atoms with Crippen molar-refractivity contribution in [2.24, 2.45) is 5.10 Å². The highest BCUT2D eigenvalue weighted by molar-refractivity contribution is 6.15. The Labute approximate surface area is 137 Å². The molecule has 3 aromatic rings. The van der Waals surface area contributed by atoms with E-state index in [1.165, 1.54) is 0 Å². The summed E-state index contributed by atoms with van der Waals surface area (Å²) in [5, 5.41) is 24.1. The fraction of sp³-hybridized carbons (Fsp3) is 0.0588. The van der Waals surface area contributed by atoms with Crippen LogP contribution >= 0.6 is 0 Å². The minimum atomic E-state index is -1.16. The first-order valence-electron chi connectivity index (χ1n) is 7.35. The SMILES string of the molecule is CC1=N[N+](C(=O)O)(c2nncc3ccccc23)c2cccc(N)c21. The van der Waals surface area contributed by atoms with Crippen LogP contribution in [0.2, 0.25) is 0 Å². The number of nitrogens with two attached hydrogens (primary N) is 1. The van der Waals surface area contributed by atoms with Crippen LogP contribution in [0, 0.1) is 0 Å². The lowest BCUT2D eigenvalue weighted by Gasteiger charge is -2.21. The standard InChI is InChI=1S/C17H13N5O2/c1-10-15-13(18)7-4-8-14(15)22(21-10,17(23)24)16-12-6-3-2-5-11(12)9-19-20-16/h2-9H,1H3,(H2-,18,21,23,24)/p+1. The molecular weight excluding hydrogens is 306 g/mol. The first-order chi connectivity index (χ1) is 11.6. The molecule has 0 aliphatic carbocycles. The lowest BCUT2D eigenvalue weighted by Crippen LogP contribution is -2.43. The molecule has 2 aromatic carbocycles. The second-order valence-electron chi connectivity index (χ2n) is 5.60. The van der Waals surface area contributed by atoms with Gasteiger partial charge in [-0.3, -0.25) is 0 Å². The fourth-order valence-corrected chi connectivity index (χ4v) is 3.20. The molecule has 7 nitrogen and oxygen atoms in total. The van der Waals surface area contributed by atoms with Crippen LogP contribution in [0.4, 0.5) is 22.0 Å². The number of hydrogen-bond acceptors (Lipinski definition) is 5. The molecule has 1 atom stereocenters. The van der Waals surface area contributed by atoms with E-state index in [4.69, 9.17) is 5.73 Å². The summed E-state index contributed by atoms with van der Waals surface area (Å²) in [6.45, 7) is 1.75. The fourth-order valence-electron chi connectivity index (χ4n) is 3.20. The molecule has 4 rings (SSSR count). The van der Waals surface area contributed by atoms with Crippen molar-refractivity contribution in [3.05, 3.63) is 54.2 Å². The number of carboxylic acid groups (broad SMARTS) is 1. The summed E-state index contributed by atoms with van der Waals surface area (Å²) in [5.74, 6) is 0.240. The maximum atomic E-state index is 12.3. The number of quaternary nitrogens is 1. The number of anilines is 1. The predicted molar refractivity (Wildman–Crippen MR) is 92.1 cm³/mol. The van der Waals surface area contributed by atoms with Gasteiger partial charge in [0.1, 0.15) is 5.71 Å². The number of fused-ring (bicyclic) bond motifs is 2. The lowest BCUT2D eigenvalue weighted by molar-refractivity contribution is 0.167. The molecule has 1 aliphatic rings. The average Bonchev–Trinajstić information content (AvgIpc) is 2.89. The van der Waals surface area contributed by atoms with Crippen LogP contribution in [0.15, 0.2) is 53.8 Å². The molecule has 118 valence electrons. The number of nitrogens with zero attached hydrogens (tertiary/aromatic N) is 4. The third-order valence-corrected chi connectivity index (χ3v) is 4.22. The van der Waals surface area contributed by atoms with Crippen LogP contribution in [0.1, 0.15) is 12.5 Å². The number of benzene rings is 2. The zero-order chi connectivity index (χ0) is 16.9. The van der Waals surface area contributed by atoms with Crippen LogP contribution in [0.3, 0.4) is 0 Å². The molecule has 24 heavy (non-hydrogen) atoms. The van der Waals surface area contributed by atoms with Crippen LogP contribution in [0.5, 0.6) is 0 Å². The molecule has 1 aromatic heterocycles. The molecule has 7 heteroatoms. The summed E-state index contributed by atoms with van der Waals surface area (Å²) in [7, 11) is 0. The maximum Gasteiger partial charge on any atom is 0.553 e. The summed E-state index contributed by atoms with van der Waals surface area (Å²) in [5.41, 5.74) is 8.20. The van der Waals surface area contributed by atoms with Crippen LogP contribution in [-0.2, 0) is 0 Å². The van der Waals surface area contributed by atoms with Crippen molar-refractivity contribution in [2.75, 3.05) is 5.73 Å². The Morgan fingerprint density at radius 2 is 1.96 bits per heavy atom. The summed E-state index contributed by atoms with van der Waals surface area (Å²) in [4.78, 5) is 12.3. The topological polar surface area (TPSA) is 101 Å². The van der Waals surface area contributed by atoms with Gasteiger partial charge in [-0.25, -0.2) is 0 Å². The van der Waals surface area contributed by atoms with E-state index >= 15 is 0 Å². The number of aromatic nitrogens is 2. The van der Waals surface area contributed by atoms with E-state index in [0.29, 0.717) is 28.0 Å². The number of amides is 1. The first-order valence-corrected chi connectivity index (χ1v) is 7.35. The minimum Gasteiger partial charge on any atom is -0.433 e. The normalized spacial score (nSPS) is 19.1. The van der Waals surface area contributed by atoms with E-state index in [0.717, 1.165) is 5.39 Å². The zero-order valence-corrected chi connectivity index (χ0v) is 12.8. The van der Waals surface area contributed by atoms with Gasteiger partial charge in [-0.05, 0) is 23.6 Å². The maximum absolute atomic E-state index is 12.3. The molecule has 0 saturated heterocycles. The summed E-state index contributed by atoms with van der Waals surface area (Å²) in [6.07, 6.45) is 0.439. The highest BCUT2D eigenvalue weighted by atomic mass is 16.4. The molecule has 2 heterocycles. The third kappa shape index (κ3) is 1.70. The molecular formula is C17H14N5O2+. The van der Waals surface area contributed by atoms with Gasteiger partial charge in [-0.15, -0.1) is 0 Å². The Morgan fingerprint density at radius 1 is 1.17 bits per heavy atom. The monoisotopic (exact) mass is 320 g/mol. The van der Waals surface area contributed by atoms with Crippen molar-refractivity contribution < 1.29 is 9.90 Å². The van der Waals surface area contributed by atoms with Crippen LogP contribution < -0.4 is 10.3 Å². The van der Waals surface area contributed by atoms with Gasteiger partial charge in [0.2, 0.25) is 0 Å². The predicted octanol–water partition coefficient (Wildman–Crippen LogP) is 3.27. The largest absolute Gasteiger partial charge is 0.553 e. The summed E-state index contributed by atoms with van der Waals surface area (Å²) < 4.78 is -0.791. The average molecular weight is 320 g/mol. The molecule has 1 amide bonds. The van der Waals surface area contributed by atoms with Crippen molar-refractivity contribution in [1.29, 1.82) is 0 Å². The van der Waals surface area contributed by atoms with Crippen LogP contribution in [-0.4, -0.2) is 27.1 Å². The molecule has 0 bridgehead atoms. The smallest absolute Gasteiger partial charge is 0.433 e. The Kier molecular flexibility index (Phi) is 2.88. The van der Waals surface area contributed by atoms with Crippen molar-refractivity contribution in [1.82, 2.24) is 14.8 Å². The molecule has 0 saturated carbocycles. The molecule has 1 unspecified atom stereocenters. The molecule has 0 radical (unpaired) electrons. The second kappa shape index (κ2) is 4.84. The summed E-state index contributed by atoms with van der Waals surface area (Å²) >= 11 is 0. The first kappa shape index (κ1) is 14.3. The van der Waals surface area contributed by atoms with Gasteiger partial charge in [-0.1, -0.05) is 34.5 Å². The number of carbonyl (C=O) groups is 1. The number of rotatable bonds is 1. The number of nitrogen functional groups attached to an aromatic ring is 1. The van der Waals surface area contributed by atoms with Crippen molar-refractivity contribution in [2.45, 2.75) is 6.92 Å². The summed E-state index contributed by atoms with van der Waals surface area (Å²) in [6, 6.07) is 12.5. The van der Waals surface area contributed by atoms with Crippen molar-refractivity contribution >= 4 is 39.8 Å². The van der Waals surface area contributed by atoms with Gasteiger partial charge in [0, 0.05) is 17.1 Å². The molecule has 0 fully saturated rings. The van der Waals surface area contributed by atoms with E-state index in [9.17, 15) is 9.90 Å². The van der Waals surface area contributed by atoms with Crippen molar-refractivity contribution in [3.8, 4) is 0 Å². The van der Waals surface area contributed by atoms with E-state index in [2.05, 4.69) is 15.3 Å². The molecule has 0 spiro atoms. The lowest BCUT2D eigenvalue weighted by atomic mass is 10.1. The van der Waals surface area contributed by atoms with Gasteiger partial charge in [0.05, 0.1) is 17.1 Å². The minimum absolute atomic E-state index is 0.240. The van der Waals surface area contributed by atoms with Gasteiger partial charge < -0.3 is 10.8 Å². The number of hydrogen-bond donors (Lipinski definition) is 2. The quantitative estimate of drug-likeness (QED) is 0.529. The van der Waals surface area contributed by atoms with Gasteiger partial charge in [-0.2, -0.15) is 9.89 Å². The Bertz CT molecular complexity index is 1030. The zero-order valence-electron chi connectivity index (χ0n) is 12.8. The van der Waals surface area contributed by atoms with Gasteiger partial charge in [0.25, 0.3) is 5.82 Å². The van der Waals surface area contributed by atoms with E-state index < -0.39 is 10.7 Å². The molecule has 3 N–H and O–H groups in total.